The van der Waals surface area contributed by atoms with Gasteiger partial charge in [-0.3, -0.25) is 14.4 Å². The molecule has 2 aliphatic rings. The fourth-order valence-electron chi connectivity index (χ4n) is 4.66. The Labute approximate surface area is 230 Å². The Morgan fingerprint density at radius 1 is 1.08 bits per heavy atom. The number of unbranched alkanes of at least 4 members (excludes halogenated alkanes) is 3. The molecule has 2 heterocycles. The van der Waals surface area contributed by atoms with E-state index in [0.29, 0.717) is 56.6 Å². The van der Waals surface area contributed by atoms with Crippen LogP contribution in [0.5, 0.6) is 0 Å². The van der Waals surface area contributed by atoms with Crippen molar-refractivity contribution in [3.05, 3.63) is 0 Å². The van der Waals surface area contributed by atoms with Crippen LogP contribution in [-0.2, 0) is 19.2 Å². The van der Waals surface area contributed by atoms with Crippen LogP contribution in [0, 0.1) is 18.3 Å². The zero-order valence-corrected chi connectivity index (χ0v) is 23.4. The third kappa shape index (κ3) is 10.9. The first-order chi connectivity index (χ1) is 18.2. The Balaban J connectivity index is 1.56. The zero-order valence-electron chi connectivity index (χ0n) is 22.6. The van der Waals surface area contributed by atoms with Crippen LogP contribution in [0.3, 0.4) is 0 Å². The molecule has 0 spiro atoms. The minimum atomic E-state index is -0.725. The molecule has 0 bridgehead atoms. The van der Waals surface area contributed by atoms with Crippen molar-refractivity contribution in [1.82, 2.24) is 26.6 Å². The number of rotatable bonds is 18. The van der Waals surface area contributed by atoms with E-state index in [4.69, 9.17) is 6.42 Å². The third-order valence-electron chi connectivity index (χ3n) is 6.83. The molecule has 0 radical (unpaired) electrons. The molecule has 10 nitrogen and oxygen atoms in total. The number of nitrogens with one attached hydrogen (secondary N) is 5. The molecule has 38 heavy (non-hydrogen) atoms. The van der Waals surface area contributed by atoms with E-state index in [2.05, 4.69) is 32.5 Å². The van der Waals surface area contributed by atoms with Gasteiger partial charge in [-0.15, -0.1) is 12.3 Å². The van der Waals surface area contributed by atoms with Crippen molar-refractivity contribution in [2.45, 2.75) is 107 Å². The van der Waals surface area contributed by atoms with Crippen LogP contribution in [-0.4, -0.2) is 71.8 Å². The summed E-state index contributed by atoms with van der Waals surface area (Å²) in [6.07, 6.45) is 12.2. The van der Waals surface area contributed by atoms with E-state index in [1.54, 1.807) is 0 Å². The first kappa shape index (κ1) is 31.5. The number of amides is 5. The quantitative estimate of drug-likeness (QED) is 0.0760. The molecule has 11 heteroatoms. The highest BCUT2D eigenvalue weighted by atomic mass is 32.2. The van der Waals surface area contributed by atoms with Gasteiger partial charge in [0.05, 0.1) is 18.1 Å². The number of hydrogen-bond acceptors (Lipinski definition) is 6. The van der Waals surface area contributed by atoms with Gasteiger partial charge in [-0.1, -0.05) is 20.3 Å². The van der Waals surface area contributed by atoms with Crippen molar-refractivity contribution in [3.63, 3.8) is 0 Å². The van der Waals surface area contributed by atoms with Crippen LogP contribution in [0.4, 0.5) is 4.79 Å². The number of aldehydes is 1. The standard InChI is InChI=1S/C27H43N5O5S/c1-4-5-6-14-23(35)31-24(18(2)3)26(36)29-19(16-33)11-9-10-15-28-22(34)13-8-7-12-21-25-20(17-38-21)30-27(37)32-25/h1,16,18-21,24-25H,5-15,17H2,2-3H3,(H,28,34)(H,29,36)(H,31,35)(H2,30,32,37)/t19-,20-,21-,24-,25-/m0/s1. The second kappa shape index (κ2) is 17.0. The predicted molar refractivity (Wildman–Crippen MR) is 148 cm³/mol. The molecular formula is C27H43N5O5S. The maximum absolute atomic E-state index is 12.7. The van der Waals surface area contributed by atoms with Gasteiger partial charge in [-0.05, 0) is 44.4 Å². The van der Waals surface area contributed by atoms with Crippen molar-refractivity contribution >= 4 is 41.8 Å². The van der Waals surface area contributed by atoms with E-state index >= 15 is 0 Å². The van der Waals surface area contributed by atoms with Gasteiger partial charge in [0, 0.05) is 36.8 Å². The van der Waals surface area contributed by atoms with Gasteiger partial charge in [0.1, 0.15) is 12.3 Å². The van der Waals surface area contributed by atoms with E-state index in [1.807, 2.05) is 25.6 Å². The van der Waals surface area contributed by atoms with Crippen molar-refractivity contribution < 1.29 is 24.0 Å². The molecule has 5 atom stereocenters. The van der Waals surface area contributed by atoms with Gasteiger partial charge >= 0.3 is 6.03 Å². The molecule has 0 aromatic rings. The summed E-state index contributed by atoms with van der Waals surface area (Å²) in [6.45, 7) is 4.18. The van der Waals surface area contributed by atoms with E-state index in [9.17, 15) is 24.0 Å². The lowest BCUT2D eigenvalue weighted by Crippen LogP contribution is -2.52. The first-order valence-electron chi connectivity index (χ1n) is 13.7. The fraction of sp³-hybridized carbons (Fsp3) is 0.741. The Bertz CT molecular complexity index is 861. The molecule has 0 aromatic carbocycles. The lowest BCUT2D eigenvalue weighted by molar-refractivity contribution is -0.131. The summed E-state index contributed by atoms with van der Waals surface area (Å²) in [7, 11) is 0. The normalized spacial score (nSPS) is 21.4. The summed E-state index contributed by atoms with van der Waals surface area (Å²) < 4.78 is 0. The second-order valence-electron chi connectivity index (χ2n) is 10.3. The molecule has 5 N–H and O–H groups in total. The Morgan fingerprint density at radius 2 is 1.84 bits per heavy atom. The number of fused-ring (bicyclic) bond motifs is 1. The fourth-order valence-corrected chi connectivity index (χ4v) is 6.20. The molecular weight excluding hydrogens is 506 g/mol. The molecule has 2 saturated heterocycles. The summed E-state index contributed by atoms with van der Waals surface area (Å²) in [6, 6.07) is -1.04. The summed E-state index contributed by atoms with van der Waals surface area (Å²) in [5.74, 6) is 2.68. The third-order valence-corrected chi connectivity index (χ3v) is 8.34. The van der Waals surface area contributed by atoms with Crippen molar-refractivity contribution in [1.29, 1.82) is 0 Å². The van der Waals surface area contributed by atoms with Gasteiger partial charge in [0.25, 0.3) is 0 Å². The monoisotopic (exact) mass is 549 g/mol. The van der Waals surface area contributed by atoms with Crippen molar-refractivity contribution in [2.24, 2.45) is 5.92 Å². The summed E-state index contributed by atoms with van der Waals surface area (Å²) in [4.78, 5) is 59.9. The molecule has 2 rings (SSSR count). The van der Waals surface area contributed by atoms with E-state index < -0.39 is 12.1 Å². The average Bonchev–Trinajstić information content (AvgIpc) is 3.43. The minimum Gasteiger partial charge on any atom is -0.356 e. The lowest BCUT2D eigenvalue weighted by Gasteiger charge is -2.23. The highest BCUT2D eigenvalue weighted by Gasteiger charge is 2.42. The van der Waals surface area contributed by atoms with E-state index in [-0.39, 0.29) is 48.2 Å². The first-order valence-corrected chi connectivity index (χ1v) is 14.7. The van der Waals surface area contributed by atoms with Gasteiger partial charge < -0.3 is 31.4 Å². The summed E-state index contributed by atoms with van der Waals surface area (Å²) in [5.41, 5.74) is 0. The van der Waals surface area contributed by atoms with Crippen LogP contribution < -0.4 is 26.6 Å². The lowest BCUT2D eigenvalue weighted by atomic mass is 10.0. The van der Waals surface area contributed by atoms with Crippen LogP contribution >= 0.6 is 11.8 Å². The zero-order chi connectivity index (χ0) is 27.9. The number of terminal acetylenes is 1. The predicted octanol–water partition coefficient (Wildman–Crippen LogP) is 1.63. The maximum atomic E-state index is 12.7. The molecule has 0 aliphatic carbocycles. The van der Waals surface area contributed by atoms with Crippen LogP contribution in [0.15, 0.2) is 0 Å². The number of hydrogen-bond donors (Lipinski definition) is 5. The second-order valence-corrected chi connectivity index (χ2v) is 11.6. The number of carbonyl (C=O) groups is 5. The molecule has 2 fully saturated rings. The number of urea groups is 1. The molecule has 0 saturated carbocycles. The van der Waals surface area contributed by atoms with Crippen molar-refractivity contribution in [2.75, 3.05) is 12.3 Å². The molecule has 0 aromatic heterocycles. The van der Waals surface area contributed by atoms with Gasteiger partial charge in [-0.2, -0.15) is 11.8 Å². The summed E-state index contributed by atoms with van der Waals surface area (Å²) in [5, 5.41) is 14.7. The van der Waals surface area contributed by atoms with Crippen molar-refractivity contribution in [3.8, 4) is 12.3 Å². The molecule has 2 aliphatic heterocycles. The average molecular weight is 550 g/mol. The number of carbonyl (C=O) groups excluding carboxylic acids is 5. The minimum absolute atomic E-state index is 0.00999. The smallest absolute Gasteiger partial charge is 0.315 e. The van der Waals surface area contributed by atoms with Crippen LogP contribution in [0.2, 0.25) is 0 Å². The van der Waals surface area contributed by atoms with Gasteiger partial charge in [-0.25, -0.2) is 4.79 Å². The highest BCUT2D eigenvalue weighted by Crippen LogP contribution is 2.33. The van der Waals surface area contributed by atoms with Gasteiger partial charge in [0.2, 0.25) is 17.7 Å². The largest absolute Gasteiger partial charge is 0.356 e. The Hall–Kier alpha value is -2.74. The van der Waals surface area contributed by atoms with E-state index in [0.717, 1.165) is 25.0 Å². The molecule has 0 unspecified atom stereocenters. The topological polar surface area (TPSA) is 146 Å². The van der Waals surface area contributed by atoms with Gasteiger partial charge in [0.15, 0.2) is 0 Å². The highest BCUT2D eigenvalue weighted by molar-refractivity contribution is 8.00. The molecule has 5 amide bonds. The number of thioether (sulfide) groups is 1. The Kier molecular flexibility index (Phi) is 14.1. The summed E-state index contributed by atoms with van der Waals surface area (Å²) >= 11 is 1.88. The van der Waals surface area contributed by atoms with E-state index in [1.165, 1.54) is 0 Å². The molecule has 212 valence electrons. The van der Waals surface area contributed by atoms with Crippen LogP contribution in [0.25, 0.3) is 0 Å². The Morgan fingerprint density at radius 3 is 2.55 bits per heavy atom. The van der Waals surface area contributed by atoms with Crippen LogP contribution in [0.1, 0.15) is 78.1 Å². The maximum Gasteiger partial charge on any atom is 0.315 e. The SMILES string of the molecule is C#CCCCC(=O)N[C@H](C(=O)N[C@H](C=O)CCCCNC(=O)CCCC[C@@H]1SC[C@@H]2NC(=O)N[C@@H]21)C(C)C.